The molecule has 2 aromatic carbocycles. The Labute approximate surface area is 180 Å². The van der Waals surface area contributed by atoms with Gasteiger partial charge >= 0.3 is 0 Å². The van der Waals surface area contributed by atoms with Gasteiger partial charge in [-0.25, -0.2) is 0 Å². The first-order valence-corrected chi connectivity index (χ1v) is 11.4. The van der Waals surface area contributed by atoms with Gasteiger partial charge in [-0.05, 0) is 25.5 Å². The van der Waals surface area contributed by atoms with Gasteiger partial charge in [0.25, 0.3) is 5.91 Å². The van der Waals surface area contributed by atoms with E-state index >= 15 is 0 Å². The van der Waals surface area contributed by atoms with Gasteiger partial charge in [0.2, 0.25) is 0 Å². The highest BCUT2D eigenvalue weighted by atomic mass is 16.2. The Morgan fingerprint density at radius 2 is 1.53 bits per heavy atom. The van der Waals surface area contributed by atoms with Gasteiger partial charge in [0.05, 0.1) is 52.4 Å². The minimum atomic E-state index is 0.334. The number of para-hydroxylation sites is 1. The largest absolute Gasteiger partial charge is 0.360 e. The average molecular weight is 409 g/mol. The lowest BCUT2D eigenvalue weighted by Gasteiger charge is -2.37. The van der Waals surface area contributed by atoms with Crippen molar-refractivity contribution in [2.45, 2.75) is 19.9 Å². The van der Waals surface area contributed by atoms with Crippen molar-refractivity contribution in [2.24, 2.45) is 0 Å². The number of carbonyl (C=O) groups is 1. The monoisotopic (exact) mass is 408 g/mol. The van der Waals surface area contributed by atoms with Crippen LogP contribution in [0.1, 0.15) is 24.1 Å². The summed E-state index contributed by atoms with van der Waals surface area (Å²) in [6, 6.07) is 19.8. The van der Waals surface area contributed by atoms with Crippen LogP contribution in [-0.2, 0) is 4.79 Å². The van der Waals surface area contributed by atoms with Crippen LogP contribution in [0.2, 0.25) is 0 Å². The third-order valence-corrected chi connectivity index (χ3v) is 7.00. The average Bonchev–Trinajstić information content (AvgIpc) is 2.80. The van der Waals surface area contributed by atoms with Gasteiger partial charge in [-0.15, -0.1) is 0 Å². The fraction of sp³-hybridized carbons (Fsp3) is 0.480. The van der Waals surface area contributed by atoms with Gasteiger partial charge in [-0.1, -0.05) is 48.5 Å². The molecule has 1 atom stereocenters. The smallest absolute Gasteiger partial charge is 0.278 e. The molecular formula is C25H36N4O+2. The number of rotatable bonds is 5. The van der Waals surface area contributed by atoms with Gasteiger partial charge in [0, 0.05) is 11.3 Å². The van der Waals surface area contributed by atoms with Crippen molar-refractivity contribution in [3.63, 3.8) is 0 Å². The molecule has 2 heterocycles. The number of carbonyl (C=O) groups excluding carboxylic acids is 1. The van der Waals surface area contributed by atoms with Crippen molar-refractivity contribution in [1.29, 1.82) is 0 Å². The van der Waals surface area contributed by atoms with Crippen LogP contribution in [0.15, 0.2) is 54.6 Å². The Bertz CT molecular complexity index is 824. The molecule has 5 nitrogen and oxygen atoms in total. The maximum Gasteiger partial charge on any atom is 0.278 e. The number of nitrogens with zero attached hydrogens (tertiary/aromatic N) is 2. The molecule has 0 saturated carbocycles. The summed E-state index contributed by atoms with van der Waals surface area (Å²) < 4.78 is 0. The Kier molecular flexibility index (Phi) is 6.70. The summed E-state index contributed by atoms with van der Waals surface area (Å²) in [5.41, 5.74) is 4.07. The summed E-state index contributed by atoms with van der Waals surface area (Å²) in [7, 11) is 0. The number of anilines is 1. The summed E-state index contributed by atoms with van der Waals surface area (Å²) in [5.74, 6) is 0.334. The van der Waals surface area contributed by atoms with Crippen LogP contribution < -0.4 is 14.7 Å². The first kappa shape index (κ1) is 20.9. The van der Waals surface area contributed by atoms with Crippen LogP contribution in [0, 0.1) is 6.92 Å². The van der Waals surface area contributed by atoms with E-state index in [4.69, 9.17) is 0 Å². The molecule has 2 saturated heterocycles. The molecule has 2 aliphatic rings. The molecule has 2 aliphatic heterocycles. The first-order valence-electron chi connectivity index (χ1n) is 11.4. The molecule has 4 rings (SSSR count). The summed E-state index contributed by atoms with van der Waals surface area (Å²) in [6.45, 7) is 13.1. The van der Waals surface area contributed by atoms with E-state index in [2.05, 4.69) is 78.2 Å². The summed E-state index contributed by atoms with van der Waals surface area (Å²) in [6.07, 6.45) is 0. The minimum Gasteiger partial charge on any atom is -0.360 e. The predicted molar refractivity (Wildman–Crippen MR) is 121 cm³/mol. The number of quaternary nitrogens is 2. The molecule has 0 radical (unpaired) electrons. The van der Waals surface area contributed by atoms with Gasteiger partial charge < -0.3 is 19.6 Å². The number of benzene rings is 2. The second-order valence-corrected chi connectivity index (χ2v) is 8.87. The van der Waals surface area contributed by atoms with Crippen molar-refractivity contribution in [1.82, 2.24) is 4.90 Å². The van der Waals surface area contributed by atoms with Crippen LogP contribution in [-0.4, -0.2) is 69.7 Å². The lowest BCUT2D eigenvalue weighted by molar-refractivity contribution is -0.933. The van der Waals surface area contributed by atoms with Gasteiger partial charge in [0.15, 0.2) is 6.54 Å². The molecule has 160 valence electrons. The van der Waals surface area contributed by atoms with Crippen LogP contribution in [0.5, 0.6) is 0 Å². The molecule has 1 amide bonds. The molecule has 0 aliphatic carbocycles. The van der Waals surface area contributed by atoms with Crippen LogP contribution in [0.3, 0.4) is 0 Å². The second-order valence-electron chi connectivity index (χ2n) is 8.87. The summed E-state index contributed by atoms with van der Waals surface area (Å²) >= 11 is 0. The fourth-order valence-corrected chi connectivity index (χ4v) is 4.94. The molecule has 2 aromatic rings. The van der Waals surface area contributed by atoms with Gasteiger partial charge in [0.1, 0.15) is 6.04 Å². The Morgan fingerprint density at radius 3 is 2.20 bits per heavy atom. The lowest BCUT2D eigenvalue weighted by Crippen LogP contribution is -3.16. The molecule has 0 unspecified atom stereocenters. The Balaban J connectivity index is 1.22. The number of aryl methyl sites for hydroxylation is 1. The maximum atomic E-state index is 12.9. The molecule has 0 spiro atoms. The minimum absolute atomic E-state index is 0.334. The van der Waals surface area contributed by atoms with E-state index < -0.39 is 0 Å². The zero-order chi connectivity index (χ0) is 20.9. The molecular weight excluding hydrogens is 372 g/mol. The second kappa shape index (κ2) is 9.63. The zero-order valence-electron chi connectivity index (χ0n) is 18.4. The normalized spacial score (nSPS) is 19.7. The highest BCUT2D eigenvalue weighted by Crippen LogP contribution is 2.18. The number of hydrogen-bond donors (Lipinski definition) is 2. The van der Waals surface area contributed by atoms with E-state index in [0.717, 1.165) is 52.4 Å². The third kappa shape index (κ3) is 4.85. The Morgan fingerprint density at radius 1 is 0.900 bits per heavy atom. The van der Waals surface area contributed by atoms with Crippen molar-refractivity contribution in [3.05, 3.63) is 65.7 Å². The molecule has 2 N–H and O–H groups in total. The molecule has 0 aromatic heterocycles. The van der Waals surface area contributed by atoms with E-state index in [1.807, 2.05) is 0 Å². The number of piperazine rings is 2. The molecule has 0 bridgehead atoms. The van der Waals surface area contributed by atoms with Crippen molar-refractivity contribution in [3.8, 4) is 0 Å². The van der Waals surface area contributed by atoms with E-state index in [9.17, 15) is 4.79 Å². The number of amides is 1. The number of nitrogens with one attached hydrogen (secondary N) is 2. The van der Waals surface area contributed by atoms with Crippen molar-refractivity contribution in [2.75, 3.05) is 63.8 Å². The first-order chi connectivity index (χ1) is 14.6. The quantitative estimate of drug-likeness (QED) is 0.740. The van der Waals surface area contributed by atoms with Crippen molar-refractivity contribution >= 4 is 11.6 Å². The van der Waals surface area contributed by atoms with Crippen molar-refractivity contribution < 1.29 is 14.6 Å². The zero-order valence-corrected chi connectivity index (χ0v) is 18.4. The lowest BCUT2D eigenvalue weighted by atomic mass is 10.1. The SMILES string of the molecule is Cc1ccccc1N1CC[NH+](CC(=O)N2CC[NH+]([C@H](C)c3ccccc3)CC2)CC1. The number of hydrogen-bond acceptors (Lipinski definition) is 2. The van der Waals surface area contributed by atoms with Gasteiger partial charge in [-0.2, -0.15) is 0 Å². The van der Waals surface area contributed by atoms with E-state index in [0.29, 0.717) is 18.5 Å². The van der Waals surface area contributed by atoms with Crippen LogP contribution in [0.4, 0.5) is 5.69 Å². The predicted octanol–water partition coefficient (Wildman–Crippen LogP) is 0.188. The fourth-order valence-electron chi connectivity index (χ4n) is 4.94. The standard InChI is InChI=1S/C25H34N4O/c1-21-8-6-7-11-24(21)28-14-12-26(13-15-28)20-25(30)29-18-16-27(17-19-29)22(2)23-9-4-3-5-10-23/h3-11,22H,12-20H2,1-2H3/p+2/t22-/m1/s1. The highest BCUT2D eigenvalue weighted by molar-refractivity contribution is 5.77. The highest BCUT2D eigenvalue weighted by Gasteiger charge is 2.30. The van der Waals surface area contributed by atoms with Gasteiger partial charge in [-0.3, -0.25) is 4.79 Å². The van der Waals surface area contributed by atoms with E-state index in [1.54, 1.807) is 4.90 Å². The molecule has 2 fully saturated rings. The molecule has 5 heteroatoms. The topological polar surface area (TPSA) is 32.4 Å². The Hall–Kier alpha value is -2.37. The third-order valence-electron chi connectivity index (χ3n) is 7.00. The summed E-state index contributed by atoms with van der Waals surface area (Å²) in [5, 5.41) is 0. The van der Waals surface area contributed by atoms with E-state index in [-0.39, 0.29) is 0 Å². The van der Waals surface area contributed by atoms with Crippen LogP contribution >= 0.6 is 0 Å². The van der Waals surface area contributed by atoms with Crippen LogP contribution in [0.25, 0.3) is 0 Å². The van der Waals surface area contributed by atoms with E-state index in [1.165, 1.54) is 21.7 Å². The summed E-state index contributed by atoms with van der Waals surface area (Å²) in [4.78, 5) is 20.5. The maximum absolute atomic E-state index is 12.9. The molecule has 30 heavy (non-hydrogen) atoms.